The smallest absolute Gasteiger partial charge is 0.303 e. The summed E-state index contributed by atoms with van der Waals surface area (Å²) in [6, 6.07) is 15.8. The van der Waals surface area contributed by atoms with E-state index in [9.17, 15) is 4.79 Å². The molecular formula is C25H21N3O2. The summed E-state index contributed by atoms with van der Waals surface area (Å²) in [6.45, 7) is 3.93. The fourth-order valence-corrected chi connectivity index (χ4v) is 3.51. The van der Waals surface area contributed by atoms with Crippen LogP contribution in [0.3, 0.4) is 0 Å². The van der Waals surface area contributed by atoms with Crippen LogP contribution in [0, 0.1) is 18.8 Å². The number of fused-ring (bicyclic) bond motifs is 3. The predicted octanol–water partition coefficient (Wildman–Crippen LogP) is 4.65. The molecule has 2 heterocycles. The average Bonchev–Trinajstić information content (AvgIpc) is 2.72. The molecule has 0 spiro atoms. The molecule has 4 rings (SSSR count). The van der Waals surface area contributed by atoms with Crippen molar-refractivity contribution in [1.82, 2.24) is 9.97 Å². The first kappa shape index (κ1) is 19.4. The minimum Gasteiger partial charge on any atom is -0.481 e. The van der Waals surface area contributed by atoms with Crippen LogP contribution in [0.1, 0.15) is 41.5 Å². The maximum absolute atomic E-state index is 10.9. The number of aliphatic carboxylic acids is 1. The van der Waals surface area contributed by atoms with Crippen LogP contribution >= 0.6 is 0 Å². The summed E-state index contributed by atoms with van der Waals surface area (Å²) >= 11 is 0. The van der Waals surface area contributed by atoms with Crippen LogP contribution in [0.15, 0.2) is 54.7 Å². The standard InChI is InChI=1S/C25H21N3O2/c1-15-3-10-20-21-13-18(14-27-24(21)25(26)28-22(20)11-15)5-4-17-6-8-19(9-7-17)16(2)12-23(29)30/h3,6-11,13-14,16H,12H2,1-2H3,(H2,26,28)(H,29,30). The van der Waals surface area contributed by atoms with Gasteiger partial charge in [0.2, 0.25) is 0 Å². The van der Waals surface area contributed by atoms with Gasteiger partial charge in [0.05, 0.1) is 11.9 Å². The van der Waals surface area contributed by atoms with E-state index in [0.717, 1.165) is 38.5 Å². The Balaban J connectivity index is 1.67. The van der Waals surface area contributed by atoms with Crippen LogP contribution in [0.5, 0.6) is 0 Å². The Labute approximate surface area is 174 Å². The van der Waals surface area contributed by atoms with Gasteiger partial charge >= 0.3 is 5.97 Å². The number of carboxylic acid groups (broad SMARTS) is 1. The number of nitrogens with two attached hydrogens (primary N) is 1. The quantitative estimate of drug-likeness (QED) is 0.389. The Kier molecular flexibility index (Phi) is 5.07. The van der Waals surface area contributed by atoms with E-state index in [1.807, 2.05) is 62.4 Å². The minimum atomic E-state index is -0.798. The number of aromatic nitrogens is 2. The lowest BCUT2D eigenvalue weighted by Gasteiger charge is -2.08. The summed E-state index contributed by atoms with van der Waals surface area (Å²) < 4.78 is 0. The number of anilines is 1. The number of aryl methyl sites for hydroxylation is 1. The Hall–Kier alpha value is -3.91. The third-order valence-electron chi connectivity index (χ3n) is 5.13. The number of carboxylic acids is 1. The molecule has 1 unspecified atom stereocenters. The van der Waals surface area contributed by atoms with Crippen molar-refractivity contribution < 1.29 is 9.90 Å². The Morgan fingerprint density at radius 2 is 1.80 bits per heavy atom. The zero-order valence-electron chi connectivity index (χ0n) is 16.8. The van der Waals surface area contributed by atoms with Crippen LogP contribution < -0.4 is 5.73 Å². The van der Waals surface area contributed by atoms with Gasteiger partial charge in [-0.1, -0.05) is 43.0 Å². The molecule has 1 atom stereocenters. The summed E-state index contributed by atoms with van der Waals surface area (Å²) in [5.41, 5.74) is 11.4. The molecule has 0 saturated heterocycles. The van der Waals surface area contributed by atoms with Crippen LogP contribution in [-0.4, -0.2) is 21.0 Å². The largest absolute Gasteiger partial charge is 0.481 e. The van der Waals surface area contributed by atoms with Gasteiger partial charge in [-0.15, -0.1) is 0 Å². The van der Waals surface area contributed by atoms with Gasteiger partial charge in [-0.25, -0.2) is 4.98 Å². The third-order valence-corrected chi connectivity index (χ3v) is 5.13. The van der Waals surface area contributed by atoms with E-state index in [2.05, 4.69) is 21.8 Å². The number of carbonyl (C=O) groups is 1. The van der Waals surface area contributed by atoms with Crippen molar-refractivity contribution in [2.45, 2.75) is 26.2 Å². The molecule has 148 valence electrons. The molecule has 0 aliphatic rings. The molecule has 4 aromatic rings. The van der Waals surface area contributed by atoms with Crippen molar-refractivity contribution in [2.75, 3.05) is 5.73 Å². The highest BCUT2D eigenvalue weighted by Gasteiger charge is 2.10. The molecule has 0 saturated carbocycles. The Bertz CT molecular complexity index is 1330. The molecular weight excluding hydrogens is 374 g/mol. The summed E-state index contributed by atoms with van der Waals surface area (Å²) in [7, 11) is 0. The summed E-state index contributed by atoms with van der Waals surface area (Å²) in [5, 5.41) is 10.9. The lowest BCUT2D eigenvalue weighted by molar-refractivity contribution is -0.137. The highest BCUT2D eigenvalue weighted by molar-refractivity contribution is 6.08. The van der Waals surface area contributed by atoms with Crippen molar-refractivity contribution in [3.8, 4) is 11.8 Å². The van der Waals surface area contributed by atoms with E-state index >= 15 is 0 Å². The van der Waals surface area contributed by atoms with Gasteiger partial charge in [0.1, 0.15) is 5.52 Å². The first-order valence-corrected chi connectivity index (χ1v) is 9.70. The number of nitrogen functional groups attached to an aromatic ring is 1. The first-order chi connectivity index (χ1) is 14.4. The normalized spacial score (nSPS) is 11.8. The van der Waals surface area contributed by atoms with E-state index in [1.54, 1.807) is 6.20 Å². The van der Waals surface area contributed by atoms with Gasteiger partial charge in [0.15, 0.2) is 5.82 Å². The number of pyridine rings is 2. The number of hydrogen-bond acceptors (Lipinski definition) is 4. The van der Waals surface area contributed by atoms with Crippen LogP contribution in [0.25, 0.3) is 21.8 Å². The number of benzene rings is 2. The van der Waals surface area contributed by atoms with Crippen LogP contribution in [0.4, 0.5) is 5.82 Å². The average molecular weight is 395 g/mol. The van der Waals surface area contributed by atoms with Gasteiger partial charge in [-0.05, 0) is 48.2 Å². The lowest BCUT2D eigenvalue weighted by Crippen LogP contribution is -2.02. The predicted molar refractivity (Wildman–Crippen MR) is 119 cm³/mol. The van der Waals surface area contributed by atoms with Crippen molar-refractivity contribution >= 4 is 33.6 Å². The molecule has 0 amide bonds. The van der Waals surface area contributed by atoms with Gasteiger partial charge in [0.25, 0.3) is 0 Å². The van der Waals surface area contributed by atoms with E-state index in [1.165, 1.54) is 0 Å². The van der Waals surface area contributed by atoms with Crippen molar-refractivity contribution in [2.24, 2.45) is 0 Å². The number of rotatable bonds is 3. The molecule has 0 radical (unpaired) electrons. The number of nitrogens with zero attached hydrogens (tertiary/aromatic N) is 2. The third kappa shape index (κ3) is 3.94. The minimum absolute atomic E-state index is 0.0369. The zero-order valence-corrected chi connectivity index (χ0v) is 16.8. The lowest BCUT2D eigenvalue weighted by atomic mass is 9.97. The molecule has 0 bridgehead atoms. The SMILES string of the molecule is Cc1ccc2c(c1)nc(N)c1ncc(C#Cc3ccc(C(C)CC(=O)O)cc3)cc12. The monoisotopic (exact) mass is 395 g/mol. The molecule has 0 aliphatic carbocycles. The Morgan fingerprint density at radius 3 is 2.53 bits per heavy atom. The van der Waals surface area contributed by atoms with Crippen molar-refractivity contribution in [3.05, 3.63) is 77.0 Å². The van der Waals surface area contributed by atoms with Crippen LogP contribution in [0.2, 0.25) is 0 Å². The Morgan fingerprint density at radius 1 is 1.07 bits per heavy atom. The topological polar surface area (TPSA) is 89.1 Å². The maximum Gasteiger partial charge on any atom is 0.303 e. The van der Waals surface area contributed by atoms with Crippen molar-refractivity contribution in [3.63, 3.8) is 0 Å². The molecule has 5 heteroatoms. The highest BCUT2D eigenvalue weighted by Crippen LogP contribution is 2.27. The van der Waals surface area contributed by atoms with Gasteiger partial charge < -0.3 is 10.8 Å². The molecule has 3 N–H and O–H groups in total. The van der Waals surface area contributed by atoms with E-state index in [4.69, 9.17) is 10.8 Å². The summed E-state index contributed by atoms with van der Waals surface area (Å²) in [6.07, 6.45) is 1.82. The molecule has 5 nitrogen and oxygen atoms in total. The van der Waals surface area contributed by atoms with Gasteiger partial charge in [-0.2, -0.15) is 0 Å². The zero-order chi connectivity index (χ0) is 21.3. The second kappa shape index (κ2) is 7.84. The molecule has 0 aliphatic heterocycles. The fraction of sp³-hybridized carbons (Fsp3) is 0.160. The first-order valence-electron chi connectivity index (χ1n) is 9.70. The molecule has 30 heavy (non-hydrogen) atoms. The van der Waals surface area contributed by atoms with E-state index < -0.39 is 5.97 Å². The second-order valence-electron chi connectivity index (χ2n) is 7.51. The van der Waals surface area contributed by atoms with Gasteiger partial charge in [-0.3, -0.25) is 9.78 Å². The maximum atomic E-state index is 10.9. The summed E-state index contributed by atoms with van der Waals surface area (Å²) in [5.74, 6) is 5.89. The summed E-state index contributed by atoms with van der Waals surface area (Å²) in [4.78, 5) is 19.8. The molecule has 2 aromatic heterocycles. The van der Waals surface area contributed by atoms with Crippen molar-refractivity contribution in [1.29, 1.82) is 0 Å². The van der Waals surface area contributed by atoms with Crippen LogP contribution in [-0.2, 0) is 4.79 Å². The van der Waals surface area contributed by atoms with Gasteiger partial charge in [0, 0.05) is 28.1 Å². The van der Waals surface area contributed by atoms with E-state index in [-0.39, 0.29) is 12.3 Å². The number of hydrogen-bond donors (Lipinski definition) is 2. The fourth-order valence-electron chi connectivity index (χ4n) is 3.51. The second-order valence-corrected chi connectivity index (χ2v) is 7.51. The molecule has 2 aromatic carbocycles. The van der Waals surface area contributed by atoms with E-state index in [0.29, 0.717) is 11.3 Å². The molecule has 0 fully saturated rings. The highest BCUT2D eigenvalue weighted by atomic mass is 16.4.